The number of benzene rings is 1. The van der Waals surface area contributed by atoms with Crippen LogP contribution in [0.15, 0.2) is 38.6 Å². The lowest BCUT2D eigenvalue weighted by molar-refractivity contribution is -0.118. The van der Waals surface area contributed by atoms with Crippen molar-refractivity contribution in [1.29, 1.82) is 0 Å². The van der Waals surface area contributed by atoms with Crippen LogP contribution in [0, 0.1) is 0 Å². The zero-order valence-electron chi connectivity index (χ0n) is 19.5. The molecule has 33 heavy (non-hydrogen) atoms. The fourth-order valence-corrected chi connectivity index (χ4v) is 3.98. The number of aromatic amines is 1. The monoisotopic (exact) mass is 456 g/mol. The minimum absolute atomic E-state index is 0.00456. The van der Waals surface area contributed by atoms with E-state index in [1.165, 1.54) is 9.47 Å². The highest BCUT2D eigenvalue weighted by molar-refractivity contribution is 5.95. The van der Waals surface area contributed by atoms with Gasteiger partial charge in [0, 0.05) is 33.1 Å². The number of nitrogens with two attached hydrogens (primary N) is 1. The van der Waals surface area contributed by atoms with Gasteiger partial charge in [0.1, 0.15) is 5.82 Å². The molecule has 0 unspecified atom stereocenters. The Kier molecular flexibility index (Phi) is 7.57. The summed E-state index contributed by atoms with van der Waals surface area (Å²) in [7, 11) is 1.69. The molecule has 2 heterocycles. The lowest BCUT2D eigenvalue weighted by Gasteiger charge is -2.24. The Morgan fingerprint density at radius 2 is 1.67 bits per heavy atom. The fourth-order valence-electron chi connectivity index (χ4n) is 3.98. The first-order valence-electron chi connectivity index (χ1n) is 11.4. The molecule has 178 valence electrons. The van der Waals surface area contributed by atoms with E-state index in [2.05, 4.69) is 4.98 Å². The van der Waals surface area contributed by atoms with Crippen LogP contribution < -0.4 is 27.6 Å². The largest absolute Gasteiger partial charge is 0.383 e. The molecular formula is C23H32N6O4. The van der Waals surface area contributed by atoms with Gasteiger partial charge in [-0.1, -0.05) is 38.8 Å². The van der Waals surface area contributed by atoms with Crippen molar-refractivity contribution in [2.75, 3.05) is 17.2 Å². The smallest absolute Gasteiger partial charge is 0.330 e. The molecule has 0 aliphatic rings. The molecule has 10 nitrogen and oxygen atoms in total. The van der Waals surface area contributed by atoms with Gasteiger partial charge < -0.3 is 10.6 Å². The van der Waals surface area contributed by atoms with Crippen molar-refractivity contribution in [1.82, 2.24) is 18.7 Å². The predicted molar refractivity (Wildman–Crippen MR) is 130 cm³/mol. The lowest BCUT2D eigenvalue weighted by atomic mass is 10.2. The van der Waals surface area contributed by atoms with E-state index in [0.29, 0.717) is 25.9 Å². The molecule has 0 atom stereocenters. The summed E-state index contributed by atoms with van der Waals surface area (Å²) in [4.78, 5) is 54.6. The number of carbonyl (C=O) groups excluding carboxylic acids is 1. The number of hydrogen-bond acceptors (Lipinski definition) is 5. The molecule has 0 saturated carbocycles. The summed E-state index contributed by atoms with van der Waals surface area (Å²) in [5.74, 6) is -0.342. The van der Waals surface area contributed by atoms with E-state index in [9.17, 15) is 19.2 Å². The van der Waals surface area contributed by atoms with Crippen LogP contribution in [0.3, 0.4) is 0 Å². The number of aryl methyl sites for hydroxylation is 2. The SMILES string of the molecule is CCCCN(C(=O)CCn1c(=O)n(C)c2ccccc21)c1c(N)n(CCCC)c(=O)[nH]c1=O. The molecule has 1 aromatic carbocycles. The topological polar surface area (TPSA) is 128 Å². The number of carbonyl (C=O) groups is 1. The summed E-state index contributed by atoms with van der Waals surface area (Å²) in [5, 5.41) is 0. The van der Waals surface area contributed by atoms with Crippen molar-refractivity contribution in [2.45, 2.75) is 59.0 Å². The molecule has 0 aliphatic heterocycles. The van der Waals surface area contributed by atoms with Crippen LogP contribution >= 0.6 is 0 Å². The van der Waals surface area contributed by atoms with Gasteiger partial charge in [0.2, 0.25) is 5.91 Å². The molecule has 0 radical (unpaired) electrons. The van der Waals surface area contributed by atoms with E-state index in [-0.39, 0.29) is 36.1 Å². The van der Waals surface area contributed by atoms with Gasteiger partial charge in [0.05, 0.1) is 11.0 Å². The van der Waals surface area contributed by atoms with Gasteiger partial charge in [0.25, 0.3) is 5.56 Å². The van der Waals surface area contributed by atoms with E-state index < -0.39 is 11.2 Å². The molecule has 1 amide bonds. The Labute approximate surface area is 191 Å². The first kappa shape index (κ1) is 24.1. The third kappa shape index (κ3) is 4.79. The molecule has 0 saturated heterocycles. The van der Waals surface area contributed by atoms with Gasteiger partial charge in [-0.05, 0) is 25.0 Å². The number of nitrogens with zero attached hydrogens (tertiary/aromatic N) is 4. The lowest BCUT2D eigenvalue weighted by Crippen LogP contribution is -2.42. The van der Waals surface area contributed by atoms with Crippen LogP contribution in [0.2, 0.25) is 0 Å². The van der Waals surface area contributed by atoms with Crippen LogP contribution in [0.5, 0.6) is 0 Å². The molecular weight excluding hydrogens is 424 g/mol. The van der Waals surface area contributed by atoms with E-state index in [1.807, 2.05) is 38.1 Å². The number of nitrogen functional groups attached to an aromatic ring is 1. The van der Waals surface area contributed by atoms with Crippen LogP contribution in [-0.4, -0.2) is 31.1 Å². The number of amides is 1. The maximum absolute atomic E-state index is 13.3. The quantitative estimate of drug-likeness (QED) is 0.481. The predicted octanol–water partition coefficient (Wildman–Crippen LogP) is 1.80. The van der Waals surface area contributed by atoms with Crippen LogP contribution in [0.4, 0.5) is 11.5 Å². The number of aromatic nitrogens is 4. The number of imidazole rings is 1. The van der Waals surface area contributed by atoms with Crippen LogP contribution in [0.1, 0.15) is 46.0 Å². The Morgan fingerprint density at radius 1 is 1.00 bits per heavy atom. The van der Waals surface area contributed by atoms with Gasteiger partial charge in [-0.25, -0.2) is 9.59 Å². The number of nitrogens with one attached hydrogen (secondary N) is 1. The second kappa shape index (κ2) is 10.4. The van der Waals surface area contributed by atoms with E-state index in [4.69, 9.17) is 5.73 Å². The Balaban J connectivity index is 1.95. The molecule has 3 N–H and O–H groups in total. The number of rotatable bonds is 10. The zero-order chi connectivity index (χ0) is 24.1. The van der Waals surface area contributed by atoms with Gasteiger partial charge in [-0.15, -0.1) is 0 Å². The van der Waals surface area contributed by atoms with Crippen molar-refractivity contribution in [2.24, 2.45) is 7.05 Å². The van der Waals surface area contributed by atoms with Crippen molar-refractivity contribution in [3.63, 3.8) is 0 Å². The summed E-state index contributed by atoms with van der Waals surface area (Å²) in [6.07, 6.45) is 3.03. The Morgan fingerprint density at radius 3 is 2.33 bits per heavy atom. The van der Waals surface area contributed by atoms with Crippen LogP contribution in [-0.2, 0) is 24.9 Å². The normalized spacial score (nSPS) is 11.2. The van der Waals surface area contributed by atoms with Gasteiger partial charge in [-0.3, -0.25) is 28.3 Å². The minimum atomic E-state index is -0.683. The van der Waals surface area contributed by atoms with Crippen LogP contribution in [0.25, 0.3) is 11.0 Å². The van der Waals surface area contributed by atoms with E-state index >= 15 is 0 Å². The molecule has 10 heteroatoms. The maximum atomic E-state index is 13.3. The number of anilines is 2. The second-order valence-corrected chi connectivity index (χ2v) is 8.13. The number of para-hydroxylation sites is 2. The summed E-state index contributed by atoms with van der Waals surface area (Å²) in [5.41, 5.74) is 6.27. The summed E-state index contributed by atoms with van der Waals surface area (Å²) in [6.45, 7) is 4.77. The standard InChI is InChI=1S/C23H32N6O4/c1-4-6-13-28(19-20(24)29(14-7-5-2)22(32)25-21(19)31)18(30)12-15-27-17-11-9-8-10-16(17)26(3)23(27)33/h8-11H,4-7,12-15,24H2,1-3H3,(H,25,31,32). The Bertz CT molecular complexity index is 1310. The van der Waals surface area contributed by atoms with Crippen molar-refractivity contribution in [3.05, 3.63) is 55.6 Å². The summed E-state index contributed by atoms with van der Waals surface area (Å²) < 4.78 is 4.41. The molecule has 0 bridgehead atoms. The molecule has 3 rings (SSSR count). The highest BCUT2D eigenvalue weighted by Crippen LogP contribution is 2.20. The molecule has 0 fully saturated rings. The van der Waals surface area contributed by atoms with Gasteiger partial charge in [0.15, 0.2) is 5.69 Å². The van der Waals surface area contributed by atoms with Crippen molar-refractivity contribution < 1.29 is 4.79 Å². The summed E-state index contributed by atoms with van der Waals surface area (Å²) >= 11 is 0. The van der Waals surface area contributed by atoms with Gasteiger partial charge in [-0.2, -0.15) is 0 Å². The minimum Gasteiger partial charge on any atom is -0.383 e. The van der Waals surface area contributed by atoms with E-state index in [1.54, 1.807) is 16.2 Å². The number of H-pyrrole nitrogens is 1. The number of hydrogen-bond donors (Lipinski definition) is 2. The number of fused-ring (bicyclic) bond motifs is 1. The third-order valence-electron chi connectivity index (χ3n) is 5.86. The number of unbranched alkanes of at least 4 members (excludes halogenated alkanes) is 2. The van der Waals surface area contributed by atoms with E-state index in [0.717, 1.165) is 23.9 Å². The zero-order valence-corrected chi connectivity index (χ0v) is 19.5. The Hall–Kier alpha value is -3.56. The molecule has 2 aromatic heterocycles. The summed E-state index contributed by atoms with van der Waals surface area (Å²) in [6, 6.07) is 7.38. The first-order chi connectivity index (χ1) is 15.8. The average molecular weight is 457 g/mol. The maximum Gasteiger partial charge on any atom is 0.330 e. The fraction of sp³-hybridized carbons (Fsp3) is 0.478. The third-order valence-corrected chi connectivity index (χ3v) is 5.86. The highest BCUT2D eigenvalue weighted by atomic mass is 16.2. The average Bonchev–Trinajstić information content (AvgIpc) is 3.04. The van der Waals surface area contributed by atoms with Crippen molar-refractivity contribution >= 4 is 28.4 Å². The highest BCUT2D eigenvalue weighted by Gasteiger charge is 2.24. The van der Waals surface area contributed by atoms with Crippen molar-refractivity contribution in [3.8, 4) is 0 Å². The van der Waals surface area contributed by atoms with Gasteiger partial charge >= 0.3 is 11.4 Å². The first-order valence-corrected chi connectivity index (χ1v) is 11.4. The second-order valence-electron chi connectivity index (χ2n) is 8.13. The molecule has 0 aliphatic carbocycles. The molecule has 0 spiro atoms. The molecule has 3 aromatic rings.